The summed E-state index contributed by atoms with van der Waals surface area (Å²) in [6.45, 7) is 6.79. The zero-order chi connectivity index (χ0) is 22.6. The van der Waals surface area contributed by atoms with Crippen LogP contribution >= 0.6 is 23.1 Å². The predicted molar refractivity (Wildman–Crippen MR) is 130 cm³/mol. The van der Waals surface area contributed by atoms with Gasteiger partial charge in [0.05, 0.1) is 23.8 Å². The zero-order valence-electron chi connectivity index (χ0n) is 19.4. The third-order valence-corrected chi connectivity index (χ3v) is 10.0. The predicted octanol–water partition coefficient (Wildman–Crippen LogP) is 4.29. The number of carbonyl (C=O) groups is 1. The van der Waals surface area contributed by atoms with Crippen LogP contribution in [0.4, 0.5) is 0 Å². The second-order valence-electron chi connectivity index (χ2n) is 10.3. The van der Waals surface area contributed by atoms with Gasteiger partial charge in [0.1, 0.15) is 4.83 Å². The molecule has 0 aromatic carbocycles. The Bertz CT molecular complexity index is 1070. The number of fused-ring (bicyclic) bond motifs is 1. The fraction of sp³-hybridized carbons (Fsp3) is 0.708. The van der Waals surface area contributed by atoms with Crippen molar-refractivity contribution in [3.63, 3.8) is 0 Å². The standard InChI is InChI=1S/C24H33N3O3S2/c1-13-14(2)31-21-19(13)22(29)27(5-6-30-4)23(25-21)32-15(3)20(28)26-24-10-16-7-17(11-24)9-18(8-16)12-24/h15-18H,5-12H2,1-4H3,(H,26,28). The van der Waals surface area contributed by atoms with Crippen molar-refractivity contribution in [2.45, 2.75) is 81.8 Å². The van der Waals surface area contributed by atoms with Crippen LogP contribution in [0.1, 0.15) is 55.9 Å². The molecular weight excluding hydrogens is 442 g/mol. The molecule has 4 bridgehead atoms. The van der Waals surface area contributed by atoms with Crippen LogP contribution in [-0.4, -0.2) is 40.0 Å². The van der Waals surface area contributed by atoms with E-state index in [1.165, 1.54) is 31.0 Å². The number of carbonyl (C=O) groups excluding carboxylic acids is 1. The van der Waals surface area contributed by atoms with Gasteiger partial charge in [-0.3, -0.25) is 14.2 Å². The van der Waals surface area contributed by atoms with Crippen molar-refractivity contribution in [2.24, 2.45) is 17.8 Å². The van der Waals surface area contributed by atoms with Crippen molar-refractivity contribution in [1.82, 2.24) is 14.9 Å². The second kappa shape index (κ2) is 8.44. The molecule has 1 N–H and O–H groups in total. The van der Waals surface area contributed by atoms with Crippen molar-refractivity contribution in [2.75, 3.05) is 13.7 Å². The molecule has 4 fully saturated rings. The van der Waals surface area contributed by atoms with Gasteiger partial charge in [0, 0.05) is 17.5 Å². The number of rotatable bonds is 7. The molecule has 4 aliphatic rings. The van der Waals surface area contributed by atoms with E-state index in [0.717, 1.165) is 52.3 Å². The van der Waals surface area contributed by atoms with Crippen LogP contribution in [0.2, 0.25) is 0 Å². The van der Waals surface area contributed by atoms with Gasteiger partial charge < -0.3 is 10.1 Å². The third-order valence-electron chi connectivity index (χ3n) is 7.85. The largest absolute Gasteiger partial charge is 0.383 e. The van der Waals surface area contributed by atoms with Crippen molar-refractivity contribution in [3.8, 4) is 0 Å². The second-order valence-corrected chi connectivity index (χ2v) is 12.8. The molecule has 2 aromatic heterocycles. The minimum Gasteiger partial charge on any atom is -0.383 e. The SMILES string of the molecule is COCCn1c(SC(C)C(=O)NC23CC4CC(CC(C4)C2)C3)nc2sc(C)c(C)c2c1=O. The van der Waals surface area contributed by atoms with Gasteiger partial charge in [-0.25, -0.2) is 4.98 Å². The monoisotopic (exact) mass is 475 g/mol. The molecule has 8 heteroatoms. The Morgan fingerprint density at radius 3 is 2.47 bits per heavy atom. The molecule has 2 heterocycles. The molecule has 6 rings (SSSR count). The van der Waals surface area contributed by atoms with Crippen LogP contribution in [0.15, 0.2) is 9.95 Å². The fourth-order valence-electron chi connectivity index (χ4n) is 6.62. The molecule has 4 saturated carbocycles. The van der Waals surface area contributed by atoms with Crippen LogP contribution in [0.3, 0.4) is 0 Å². The summed E-state index contributed by atoms with van der Waals surface area (Å²) in [7, 11) is 1.63. The molecule has 1 atom stereocenters. The van der Waals surface area contributed by atoms with Crippen molar-refractivity contribution >= 4 is 39.2 Å². The Kier molecular flexibility index (Phi) is 5.91. The maximum Gasteiger partial charge on any atom is 0.263 e. The topological polar surface area (TPSA) is 73.2 Å². The first-order chi connectivity index (χ1) is 15.3. The van der Waals surface area contributed by atoms with E-state index in [1.54, 1.807) is 23.0 Å². The summed E-state index contributed by atoms with van der Waals surface area (Å²) in [4.78, 5) is 33.3. The van der Waals surface area contributed by atoms with Crippen LogP contribution in [0.5, 0.6) is 0 Å². The van der Waals surface area contributed by atoms with Gasteiger partial charge in [0.25, 0.3) is 5.56 Å². The molecule has 6 nitrogen and oxygen atoms in total. The Hall–Kier alpha value is -1.38. The van der Waals surface area contributed by atoms with Crippen LogP contribution in [0, 0.1) is 31.6 Å². The molecule has 0 aliphatic heterocycles. The molecule has 0 spiro atoms. The lowest BCUT2D eigenvalue weighted by molar-refractivity contribution is -0.126. The van der Waals surface area contributed by atoms with Crippen LogP contribution in [0.25, 0.3) is 10.2 Å². The van der Waals surface area contributed by atoms with E-state index in [1.807, 2.05) is 20.8 Å². The van der Waals surface area contributed by atoms with E-state index in [4.69, 9.17) is 9.72 Å². The van der Waals surface area contributed by atoms with Gasteiger partial charge in [0.15, 0.2) is 5.16 Å². The zero-order valence-corrected chi connectivity index (χ0v) is 21.0. The van der Waals surface area contributed by atoms with E-state index in [-0.39, 0.29) is 22.3 Å². The van der Waals surface area contributed by atoms with E-state index in [0.29, 0.717) is 23.7 Å². The number of thiophene rings is 1. The molecule has 0 saturated heterocycles. The summed E-state index contributed by atoms with van der Waals surface area (Å²) in [6.07, 6.45) is 7.48. The van der Waals surface area contributed by atoms with E-state index >= 15 is 0 Å². The molecule has 4 aliphatic carbocycles. The normalized spacial score (nSPS) is 29.6. The Balaban J connectivity index is 1.38. The highest BCUT2D eigenvalue weighted by molar-refractivity contribution is 8.00. The van der Waals surface area contributed by atoms with Crippen molar-refractivity contribution in [3.05, 3.63) is 20.8 Å². The molecule has 1 amide bonds. The average Bonchev–Trinajstić information content (AvgIpc) is 3.00. The summed E-state index contributed by atoms with van der Waals surface area (Å²) in [5.41, 5.74) is 0.957. The van der Waals surface area contributed by atoms with E-state index in [2.05, 4.69) is 5.32 Å². The minimum absolute atomic E-state index is 0.00424. The van der Waals surface area contributed by atoms with Gasteiger partial charge in [0.2, 0.25) is 5.91 Å². The average molecular weight is 476 g/mol. The highest BCUT2D eigenvalue weighted by Crippen LogP contribution is 2.55. The number of nitrogens with zero attached hydrogens (tertiary/aromatic N) is 2. The molecule has 174 valence electrons. The number of methoxy groups -OCH3 is 1. The number of aromatic nitrogens is 2. The number of thioether (sulfide) groups is 1. The van der Waals surface area contributed by atoms with Crippen molar-refractivity contribution < 1.29 is 9.53 Å². The number of ether oxygens (including phenoxy) is 1. The number of amides is 1. The Labute approximate surface area is 197 Å². The molecule has 2 aromatic rings. The lowest BCUT2D eigenvalue weighted by Gasteiger charge is -2.57. The van der Waals surface area contributed by atoms with Gasteiger partial charge in [-0.05, 0) is 82.6 Å². The number of hydrogen-bond donors (Lipinski definition) is 1. The summed E-state index contributed by atoms with van der Waals surface area (Å²) in [5.74, 6) is 2.44. The first-order valence-electron chi connectivity index (χ1n) is 11.8. The smallest absolute Gasteiger partial charge is 0.263 e. The molecular formula is C24H33N3O3S2. The molecule has 32 heavy (non-hydrogen) atoms. The molecule has 0 radical (unpaired) electrons. The van der Waals surface area contributed by atoms with Gasteiger partial charge in [-0.2, -0.15) is 0 Å². The summed E-state index contributed by atoms with van der Waals surface area (Å²) in [6, 6.07) is 0. The minimum atomic E-state index is -0.316. The highest BCUT2D eigenvalue weighted by Gasteiger charge is 2.51. The quantitative estimate of drug-likeness (QED) is 0.478. The van der Waals surface area contributed by atoms with E-state index < -0.39 is 0 Å². The van der Waals surface area contributed by atoms with Gasteiger partial charge >= 0.3 is 0 Å². The van der Waals surface area contributed by atoms with Crippen LogP contribution < -0.4 is 10.9 Å². The first-order valence-corrected chi connectivity index (χ1v) is 13.5. The Morgan fingerprint density at radius 2 is 1.88 bits per heavy atom. The number of aryl methyl sites for hydroxylation is 2. The van der Waals surface area contributed by atoms with E-state index in [9.17, 15) is 9.59 Å². The maximum absolute atomic E-state index is 13.3. The fourth-order valence-corrected chi connectivity index (χ4v) is 8.62. The van der Waals surface area contributed by atoms with Crippen molar-refractivity contribution in [1.29, 1.82) is 0 Å². The molecule has 1 unspecified atom stereocenters. The summed E-state index contributed by atoms with van der Waals surface area (Å²) in [5, 5.41) is 4.46. The summed E-state index contributed by atoms with van der Waals surface area (Å²) >= 11 is 2.94. The number of nitrogens with one attached hydrogen (secondary N) is 1. The Morgan fingerprint density at radius 1 is 1.25 bits per heavy atom. The van der Waals surface area contributed by atoms with Gasteiger partial charge in [-0.1, -0.05) is 11.8 Å². The number of hydrogen-bond acceptors (Lipinski definition) is 6. The summed E-state index contributed by atoms with van der Waals surface area (Å²) < 4.78 is 6.93. The lowest BCUT2D eigenvalue weighted by atomic mass is 9.53. The maximum atomic E-state index is 13.3. The highest BCUT2D eigenvalue weighted by atomic mass is 32.2. The van der Waals surface area contributed by atoms with Crippen LogP contribution in [-0.2, 0) is 16.1 Å². The lowest BCUT2D eigenvalue weighted by Crippen LogP contribution is -2.60. The third kappa shape index (κ3) is 3.92. The van der Waals surface area contributed by atoms with Gasteiger partial charge in [-0.15, -0.1) is 11.3 Å². The first kappa shape index (κ1) is 22.4.